The van der Waals surface area contributed by atoms with Crippen LogP contribution < -0.4 is 11.0 Å². The minimum Gasteiger partial charge on any atom is -0.290 e. The summed E-state index contributed by atoms with van der Waals surface area (Å²) in [6, 6.07) is 0. The highest BCUT2D eigenvalue weighted by Crippen LogP contribution is 2.14. The van der Waals surface area contributed by atoms with Crippen LogP contribution in [0.2, 0.25) is 0 Å². The molecular formula is CH7N2OP. The normalized spacial score (nSPS) is 11.8. The zero-order valence-electron chi connectivity index (χ0n) is 3.01. The van der Waals surface area contributed by atoms with Gasteiger partial charge in [0.05, 0.1) is 0 Å². The van der Waals surface area contributed by atoms with Crippen LogP contribution in [0.4, 0.5) is 0 Å². The summed E-state index contributed by atoms with van der Waals surface area (Å²) in [4.78, 5) is 0. The molecule has 4 N–H and O–H groups in total. The van der Waals surface area contributed by atoms with Crippen LogP contribution in [0.15, 0.2) is 0 Å². The van der Waals surface area contributed by atoms with Crippen molar-refractivity contribution in [1.29, 1.82) is 0 Å². The van der Waals surface area contributed by atoms with Crippen molar-refractivity contribution < 1.29 is 4.57 Å². The smallest absolute Gasteiger partial charge is 0.203 e. The molecule has 4 heteroatoms. The van der Waals surface area contributed by atoms with E-state index in [1.165, 1.54) is 6.66 Å². The zero-order chi connectivity index (χ0) is 4.50. The number of nitrogens with two attached hydrogens (primary N) is 2. The topological polar surface area (TPSA) is 69.1 Å². The Morgan fingerprint density at radius 1 is 1.60 bits per heavy atom. The largest absolute Gasteiger partial charge is 0.290 e. The van der Waals surface area contributed by atoms with Gasteiger partial charge in [-0.1, -0.05) is 0 Å². The van der Waals surface area contributed by atoms with Crippen molar-refractivity contribution in [3.63, 3.8) is 0 Å². The molecule has 0 aromatic rings. The molecule has 0 heterocycles. The number of hydrogen-bond donors (Lipinski definition) is 2. The molecule has 0 saturated heterocycles. The van der Waals surface area contributed by atoms with Gasteiger partial charge in [0.1, 0.15) is 0 Å². The van der Waals surface area contributed by atoms with Crippen LogP contribution in [0.5, 0.6) is 0 Å². The van der Waals surface area contributed by atoms with E-state index >= 15 is 0 Å². The highest BCUT2D eigenvalue weighted by Gasteiger charge is 1.89. The van der Waals surface area contributed by atoms with Gasteiger partial charge in [-0.15, -0.1) is 0 Å². The van der Waals surface area contributed by atoms with Crippen LogP contribution in [0, 0.1) is 0 Å². The highest BCUT2D eigenvalue weighted by atomic mass is 31.2. The van der Waals surface area contributed by atoms with Crippen molar-refractivity contribution in [3.8, 4) is 0 Å². The second-order valence-electron chi connectivity index (χ2n) is 1.06. The third-order valence-corrected chi connectivity index (χ3v) is 0. The maximum Gasteiger partial charge on any atom is 0.203 e. The Bertz CT molecular complexity index is 55.8. The molecule has 0 unspecified atom stereocenters. The van der Waals surface area contributed by atoms with Crippen LogP contribution >= 0.6 is 7.44 Å². The van der Waals surface area contributed by atoms with Gasteiger partial charge in [0.25, 0.3) is 0 Å². The first-order chi connectivity index (χ1) is 2.00. The van der Waals surface area contributed by atoms with Crippen molar-refractivity contribution in [3.05, 3.63) is 0 Å². The SMILES string of the molecule is CP(N)(N)=O. The van der Waals surface area contributed by atoms with Gasteiger partial charge < -0.3 is 0 Å². The van der Waals surface area contributed by atoms with Gasteiger partial charge >= 0.3 is 0 Å². The van der Waals surface area contributed by atoms with Crippen molar-refractivity contribution >= 4 is 7.44 Å². The second kappa shape index (κ2) is 1.09. The van der Waals surface area contributed by atoms with Gasteiger partial charge in [-0.05, 0) is 0 Å². The predicted octanol–water partition coefficient (Wildman–Crippen LogP) is -0.273. The first kappa shape index (κ1) is 5.15. The molecule has 0 aliphatic carbocycles. The lowest BCUT2D eigenvalue weighted by Gasteiger charge is -1.88. The molecule has 0 fully saturated rings. The van der Waals surface area contributed by atoms with Gasteiger partial charge in [-0.25, -0.2) is 0 Å². The van der Waals surface area contributed by atoms with Gasteiger partial charge in [0, 0.05) is 6.66 Å². The summed E-state index contributed by atoms with van der Waals surface area (Å²) in [7, 11) is -2.64. The monoisotopic (exact) mass is 94.0 g/mol. The van der Waals surface area contributed by atoms with E-state index < -0.39 is 7.44 Å². The third kappa shape index (κ3) is 853. The molecule has 0 radical (unpaired) electrons. The Morgan fingerprint density at radius 2 is 1.60 bits per heavy atom. The lowest BCUT2D eigenvalue weighted by molar-refractivity contribution is 0.580. The summed E-state index contributed by atoms with van der Waals surface area (Å²) in [6.07, 6.45) is 0. The third-order valence-electron chi connectivity index (χ3n) is 0. The fraction of sp³-hybridized carbons (Fsp3) is 1.00. The molecule has 3 nitrogen and oxygen atoms in total. The molecule has 0 saturated carbocycles. The van der Waals surface area contributed by atoms with Gasteiger partial charge in [0.15, 0.2) is 0 Å². The van der Waals surface area contributed by atoms with Crippen LogP contribution in [-0.4, -0.2) is 6.66 Å². The summed E-state index contributed by atoms with van der Waals surface area (Å²) in [5.74, 6) is 0. The van der Waals surface area contributed by atoms with Crippen LogP contribution in [0.1, 0.15) is 0 Å². The molecule has 0 amide bonds. The molecule has 0 aromatic heterocycles. The van der Waals surface area contributed by atoms with Gasteiger partial charge in [0.2, 0.25) is 7.44 Å². The van der Waals surface area contributed by atoms with E-state index in [0.29, 0.717) is 0 Å². The lowest BCUT2D eigenvalue weighted by Crippen LogP contribution is -2.00. The van der Waals surface area contributed by atoms with E-state index in [-0.39, 0.29) is 0 Å². The molecule has 0 rings (SSSR count). The second-order valence-corrected chi connectivity index (χ2v) is 3.18. The molecule has 0 bridgehead atoms. The van der Waals surface area contributed by atoms with Crippen molar-refractivity contribution in [2.45, 2.75) is 0 Å². The summed E-state index contributed by atoms with van der Waals surface area (Å²) in [5.41, 5.74) is 9.38. The summed E-state index contributed by atoms with van der Waals surface area (Å²) in [5, 5.41) is 0. The molecule has 0 aliphatic heterocycles. The average molecular weight is 94.1 g/mol. The number of rotatable bonds is 0. The molecular weight excluding hydrogens is 87.0 g/mol. The molecule has 0 spiro atoms. The minimum absolute atomic E-state index is 1.30. The summed E-state index contributed by atoms with van der Waals surface area (Å²) < 4.78 is 9.77. The lowest BCUT2D eigenvalue weighted by atomic mass is 12.0. The quantitative estimate of drug-likeness (QED) is 0.406. The number of hydrogen-bond acceptors (Lipinski definition) is 1. The van der Waals surface area contributed by atoms with Crippen LogP contribution in [0.3, 0.4) is 0 Å². The predicted molar refractivity (Wildman–Crippen MR) is 21.9 cm³/mol. The van der Waals surface area contributed by atoms with Crippen molar-refractivity contribution in [2.75, 3.05) is 6.66 Å². The Labute approximate surface area is 30.8 Å². The van der Waals surface area contributed by atoms with Crippen molar-refractivity contribution in [1.82, 2.24) is 0 Å². The fourth-order valence-corrected chi connectivity index (χ4v) is 0. The van der Waals surface area contributed by atoms with E-state index in [1.807, 2.05) is 0 Å². The van der Waals surface area contributed by atoms with Gasteiger partial charge in [-0.3, -0.25) is 15.6 Å². The zero-order valence-corrected chi connectivity index (χ0v) is 3.90. The molecule has 0 aromatic carbocycles. The molecule has 0 atom stereocenters. The first-order valence-corrected chi connectivity index (χ1v) is 3.44. The van der Waals surface area contributed by atoms with Crippen molar-refractivity contribution in [2.24, 2.45) is 11.0 Å². The van der Waals surface area contributed by atoms with Crippen LogP contribution in [0.25, 0.3) is 0 Å². The summed E-state index contributed by atoms with van der Waals surface area (Å²) in [6.45, 7) is 1.30. The van der Waals surface area contributed by atoms with E-state index in [9.17, 15) is 4.57 Å². The van der Waals surface area contributed by atoms with E-state index in [1.54, 1.807) is 0 Å². The van der Waals surface area contributed by atoms with Crippen LogP contribution in [-0.2, 0) is 4.57 Å². The Kier molecular flexibility index (Phi) is 1.12. The Hall–Kier alpha value is 0.150. The van der Waals surface area contributed by atoms with E-state index in [2.05, 4.69) is 11.0 Å². The molecule has 5 heavy (non-hydrogen) atoms. The maximum atomic E-state index is 9.77. The van der Waals surface area contributed by atoms with E-state index in [4.69, 9.17) is 0 Å². The van der Waals surface area contributed by atoms with E-state index in [0.717, 1.165) is 0 Å². The van der Waals surface area contributed by atoms with Gasteiger partial charge in [-0.2, -0.15) is 0 Å². The first-order valence-electron chi connectivity index (χ1n) is 1.15. The summed E-state index contributed by atoms with van der Waals surface area (Å²) >= 11 is 0. The Balaban J connectivity index is 3.47. The molecule has 32 valence electrons. The Morgan fingerprint density at radius 3 is 1.60 bits per heavy atom. The average Bonchev–Trinajstić information content (AvgIpc) is 0.722. The molecule has 0 aliphatic rings. The maximum absolute atomic E-state index is 9.77. The highest BCUT2D eigenvalue weighted by molar-refractivity contribution is 7.58. The standard InChI is InChI=1S/CH7N2OP/c1-5(2,3)4/h1H3,(H4,2,3,4). The minimum atomic E-state index is -2.64. The fourth-order valence-electron chi connectivity index (χ4n) is 0.